The molecule has 0 saturated carbocycles. The molecule has 4 aliphatic rings. The predicted molar refractivity (Wildman–Crippen MR) is 90.0 cm³/mol. The number of nitrogens with two attached hydrogens (primary N) is 1. The molecule has 132 valence electrons. The van der Waals surface area contributed by atoms with Gasteiger partial charge in [-0.2, -0.15) is 4.57 Å². The zero-order valence-corrected chi connectivity index (χ0v) is 14.6. The molecule has 1 unspecified atom stereocenters. The van der Waals surface area contributed by atoms with E-state index in [2.05, 4.69) is 11.8 Å². The van der Waals surface area contributed by atoms with Crippen molar-refractivity contribution >= 4 is 24.6 Å². The predicted octanol–water partition coefficient (Wildman–Crippen LogP) is 2.26. The minimum atomic E-state index is -3.75. The number of phosphoric ester groups is 1. The largest absolute Gasteiger partial charge is 0.668 e. The first-order chi connectivity index (χ1) is 12.0. The third kappa shape index (κ3) is 1.98. The fourth-order valence-corrected chi connectivity index (χ4v) is 5.33. The number of hydrogen-bond acceptors (Lipinski definition) is 6. The summed E-state index contributed by atoms with van der Waals surface area (Å²) in [4.78, 5) is 14.3. The van der Waals surface area contributed by atoms with Gasteiger partial charge in [-0.05, 0) is 50.5 Å². The molecule has 5 heterocycles. The van der Waals surface area contributed by atoms with Gasteiger partial charge in [0.25, 0.3) is 5.91 Å². The number of amides is 1. The van der Waals surface area contributed by atoms with Crippen molar-refractivity contribution in [3.05, 3.63) is 23.3 Å². The van der Waals surface area contributed by atoms with E-state index < -0.39 is 13.7 Å². The van der Waals surface area contributed by atoms with Gasteiger partial charge in [0.1, 0.15) is 11.3 Å². The molecule has 2 N–H and O–H groups in total. The monoisotopic (exact) mass is 363 g/mol. The Balaban J connectivity index is 1.75. The maximum Gasteiger partial charge on any atom is 0.668 e. The maximum atomic E-state index is 12.7. The molecule has 6 rings (SSSR count). The Labute approximate surface area is 144 Å². The number of benzene rings is 1. The summed E-state index contributed by atoms with van der Waals surface area (Å²) in [7, 11) is -3.75. The van der Waals surface area contributed by atoms with Crippen molar-refractivity contribution < 1.29 is 23.0 Å². The van der Waals surface area contributed by atoms with Gasteiger partial charge in [-0.15, -0.1) is 4.73 Å². The summed E-state index contributed by atoms with van der Waals surface area (Å²) < 4.78 is 30.6. The van der Waals surface area contributed by atoms with Gasteiger partial charge in [-0.3, -0.25) is 9.42 Å². The average Bonchev–Trinajstić information content (AvgIpc) is 3.00. The molecular weight excluding hydrogens is 345 g/mol. The minimum absolute atomic E-state index is 0.222. The number of aromatic nitrogens is 1. The molecule has 1 atom stereocenters. The van der Waals surface area contributed by atoms with Crippen molar-refractivity contribution in [2.75, 3.05) is 19.6 Å². The van der Waals surface area contributed by atoms with Crippen LogP contribution in [0.2, 0.25) is 0 Å². The molecule has 2 aromatic rings. The Morgan fingerprint density at radius 1 is 1.32 bits per heavy atom. The highest BCUT2D eigenvalue weighted by Crippen LogP contribution is 2.62. The minimum Gasteiger partial charge on any atom is -0.384 e. The van der Waals surface area contributed by atoms with Crippen LogP contribution in [0.5, 0.6) is 11.6 Å². The molecule has 6 bridgehead atoms. The van der Waals surface area contributed by atoms with Gasteiger partial charge in [-0.1, -0.05) is 6.92 Å². The van der Waals surface area contributed by atoms with Crippen LogP contribution in [-0.4, -0.2) is 35.2 Å². The second kappa shape index (κ2) is 4.93. The number of rotatable bonds is 3. The lowest BCUT2D eigenvalue weighted by Gasteiger charge is -2.30. The third-order valence-corrected chi connectivity index (χ3v) is 6.51. The second-order valence-electron chi connectivity index (χ2n) is 6.63. The number of likely N-dealkylation sites (tertiary alicyclic amines) is 1. The Hall–Kier alpha value is -2.18. The average molecular weight is 363 g/mol. The van der Waals surface area contributed by atoms with Gasteiger partial charge in [0.15, 0.2) is 0 Å². The first-order valence-electron chi connectivity index (χ1n) is 8.43. The van der Waals surface area contributed by atoms with Crippen LogP contribution < -0.4 is 19.4 Å². The van der Waals surface area contributed by atoms with E-state index in [1.807, 2.05) is 0 Å². The van der Waals surface area contributed by atoms with Gasteiger partial charge in [-0.25, -0.2) is 0 Å². The number of phosphoric acid groups is 1. The van der Waals surface area contributed by atoms with E-state index in [1.165, 1.54) is 4.73 Å². The van der Waals surface area contributed by atoms with E-state index in [1.54, 1.807) is 12.1 Å². The van der Waals surface area contributed by atoms with E-state index in [0.717, 1.165) is 43.4 Å². The van der Waals surface area contributed by atoms with E-state index in [9.17, 15) is 9.36 Å². The molecule has 8 nitrogen and oxygen atoms in total. The number of carbonyl (C=O) groups is 1. The van der Waals surface area contributed by atoms with E-state index in [0.29, 0.717) is 22.7 Å². The smallest absolute Gasteiger partial charge is 0.384 e. The molecule has 1 saturated heterocycles. The summed E-state index contributed by atoms with van der Waals surface area (Å²) in [6.07, 6.45) is 1.90. The third-order valence-electron chi connectivity index (χ3n) is 5.33. The number of piperidine rings is 1. The number of nitrogens with zero attached hydrogens (tertiary/aromatic N) is 2. The summed E-state index contributed by atoms with van der Waals surface area (Å²) in [6, 6.07) is 3.20. The summed E-state index contributed by atoms with van der Waals surface area (Å²) in [5.74, 6) is 0.462. The van der Waals surface area contributed by atoms with E-state index >= 15 is 0 Å². The molecule has 0 radical (unpaired) electrons. The summed E-state index contributed by atoms with van der Waals surface area (Å²) >= 11 is 0. The van der Waals surface area contributed by atoms with Crippen molar-refractivity contribution in [1.82, 2.24) is 9.63 Å². The number of carbonyl (C=O) groups excluding carboxylic acids is 1. The van der Waals surface area contributed by atoms with Crippen molar-refractivity contribution in [2.45, 2.75) is 25.7 Å². The SMILES string of the molecule is CCN1CCC(c2c3n4c5c(C(N)=O)ccc(c25)OP(=O)(O3)O4)CC1. The Bertz CT molecular complexity index is 961. The Morgan fingerprint density at radius 2 is 2.08 bits per heavy atom. The fraction of sp³-hybridized carbons (Fsp3) is 0.438. The van der Waals surface area contributed by atoms with Crippen LogP contribution in [0.1, 0.15) is 41.6 Å². The molecule has 0 spiro atoms. The molecule has 4 aliphatic heterocycles. The molecular formula is C16H18N3O5P. The summed E-state index contributed by atoms with van der Waals surface area (Å²) in [5.41, 5.74) is 7.24. The highest BCUT2D eigenvalue weighted by Gasteiger charge is 2.50. The van der Waals surface area contributed by atoms with E-state index in [-0.39, 0.29) is 5.92 Å². The zero-order chi connectivity index (χ0) is 17.3. The topological polar surface area (TPSA) is 96.0 Å². The van der Waals surface area contributed by atoms with Crippen molar-refractivity contribution in [2.24, 2.45) is 5.73 Å². The van der Waals surface area contributed by atoms with Crippen LogP contribution in [0.4, 0.5) is 0 Å². The normalized spacial score (nSPS) is 25.0. The Kier molecular flexibility index (Phi) is 2.98. The van der Waals surface area contributed by atoms with Gasteiger partial charge in [0.05, 0.1) is 10.9 Å². The van der Waals surface area contributed by atoms with Crippen LogP contribution in [0.15, 0.2) is 12.1 Å². The highest BCUT2D eigenvalue weighted by molar-refractivity contribution is 7.49. The van der Waals surface area contributed by atoms with Gasteiger partial charge < -0.3 is 19.7 Å². The number of hydrogen-bond donors (Lipinski definition) is 1. The molecule has 1 aromatic carbocycles. The summed E-state index contributed by atoms with van der Waals surface area (Å²) in [5, 5.41) is 0.733. The molecule has 25 heavy (non-hydrogen) atoms. The molecule has 9 heteroatoms. The van der Waals surface area contributed by atoms with Crippen LogP contribution in [-0.2, 0) is 4.57 Å². The maximum absolute atomic E-state index is 12.7. The fourth-order valence-electron chi connectivity index (χ4n) is 4.10. The van der Waals surface area contributed by atoms with Crippen LogP contribution in [0, 0.1) is 0 Å². The lowest BCUT2D eigenvalue weighted by atomic mass is 9.88. The quantitative estimate of drug-likeness (QED) is 0.841. The van der Waals surface area contributed by atoms with Crippen molar-refractivity contribution in [3.8, 4) is 11.6 Å². The van der Waals surface area contributed by atoms with Crippen LogP contribution in [0.25, 0.3) is 10.9 Å². The molecule has 1 fully saturated rings. The van der Waals surface area contributed by atoms with Gasteiger partial charge in [0, 0.05) is 5.56 Å². The van der Waals surface area contributed by atoms with Crippen molar-refractivity contribution in [1.29, 1.82) is 0 Å². The zero-order valence-electron chi connectivity index (χ0n) is 13.7. The molecule has 0 aliphatic carbocycles. The lowest BCUT2D eigenvalue weighted by molar-refractivity contribution is 0.100. The van der Waals surface area contributed by atoms with Gasteiger partial charge in [0.2, 0.25) is 5.88 Å². The number of primary amides is 1. The highest BCUT2D eigenvalue weighted by atomic mass is 31.2. The van der Waals surface area contributed by atoms with Crippen LogP contribution >= 0.6 is 7.82 Å². The van der Waals surface area contributed by atoms with Gasteiger partial charge >= 0.3 is 7.82 Å². The molecule has 1 aromatic heterocycles. The van der Waals surface area contributed by atoms with Crippen molar-refractivity contribution in [3.63, 3.8) is 0 Å². The lowest BCUT2D eigenvalue weighted by Crippen LogP contribution is -2.32. The standard InChI is InChI=1S/C16H18N3O5P/c1-2-18-7-5-9(6-8-18)12-13-11-4-3-10(15(17)20)14(13)19-16(12)23-25(21,22-11)24-19/h3-4,9H,2,5-8H2,1H3,(H2,17,20). The van der Waals surface area contributed by atoms with Crippen LogP contribution in [0.3, 0.4) is 0 Å². The first-order valence-corrected chi connectivity index (χ1v) is 9.89. The first kappa shape index (κ1) is 15.1. The second-order valence-corrected chi connectivity index (χ2v) is 8.06. The van der Waals surface area contributed by atoms with E-state index in [4.69, 9.17) is 19.4 Å². The Morgan fingerprint density at radius 3 is 2.76 bits per heavy atom. The summed E-state index contributed by atoms with van der Waals surface area (Å²) in [6.45, 7) is 5.14. The molecule has 1 amide bonds.